The van der Waals surface area contributed by atoms with Gasteiger partial charge in [0.2, 0.25) is 10.0 Å². The molecule has 0 unspecified atom stereocenters. The number of nitrogen functional groups attached to an aromatic ring is 1. The van der Waals surface area contributed by atoms with Gasteiger partial charge in [-0.15, -0.1) is 0 Å². The van der Waals surface area contributed by atoms with Crippen LogP contribution in [0.15, 0.2) is 27.6 Å². The lowest BCUT2D eigenvalue weighted by Gasteiger charge is -2.08. The normalized spacial score (nSPS) is 11.8. The van der Waals surface area contributed by atoms with E-state index in [9.17, 15) is 17.2 Å². The fourth-order valence-corrected chi connectivity index (χ4v) is 2.69. The molecule has 6 nitrogen and oxygen atoms in total. The van der Waals surface area contributed by atoms with Gasteiger partial charge < -0.3 is 10.3 Å². The summed E-state index contributed by atoms with van der Waals surface area (Å²) in [4.78, 5) is -1.08. The van der Waals surface area contributed by atoms with Crippen molar-refractivity contribution in [2.75, 3.05) is 5.73 Å². The molecule has 0 aliphatic carbocycles. The maximum absolute atomic E-state index is 13.6. The van der Waals surface area contributed by atoms with Gasteiger partial charge in [0.25, 0.3) is 0 Å². The summed E-state index contributed by atoms with van der Waals surface area (Å²) in [7, 11) is -4.36. The van der Waals surface area contributed by atoms with Crippen LogP contribution in [-0.2, 0) is 16.6 Å². The fourth-order valence-electron chi connectivity index (χ4n) is 1.58. The monoisotopic (exact) mass is 303 g/mol. The average Bonchev–Trinajstić information content (AvgIpc) is 2.71. The van der Waals surface area contributed by atoms with E-state index in [0.29, 0.717) is 11.5 Å². The first-order valence-electron chi connectivity index (χ1n) is 5.46. The van der Waals surface area contributed by atoms with E-state index in [-0.39, 0.29) is 12.2 Å². The van der Waals surface area contributed by atoms with E-state index in [1.54, 1.807) is 6.92 Å². The Balaban J connectivity index is 2.27. The van der Waals surface area contributed by atoms with Crippen LogP contribution in [0.2, 0.25) is 0 Å². The Bertz CT molecular complexity index is 720. The van der Waals surface area contributed by atoms with Crippen LogP contribution in [0.5, 0.6) is 0 Å². The lowest BCUT2D eigenvalue weighted by Crippen LogP contribution is -2.25. The van der Waals surface area contributed by atoms with Crippen molar-refractivity contribution in [3.63, 3.8) is 0 Å². The summed E-state index contributed by atoms with van der Waals surface area (Å²) in [6.45, 7) is 1.38. The second kappa shape index (κ2) is 5.17. The molecule has 9 heteroatoms. The number of aryl methyl sites for hydroxylation is 1. The van der Waals surface area contributed by atoms with E-state index in [0.717, 1.165) is 12.1 Å². The highest BCUT2D eigenvalue weighted by atomic mass is 32.2. The summed E-state index contributed by atoms with van der Waals surface area (Å²) in [6, 6.07) is 2.97. The molecule has 1 heterocycles. The summed E-state index contributed by atoms with van der Waals surface area (Å²) in [5.41, 5.74) is 5.31. The number of nitrogens with zero attached hydrogens (tertiary/aromatic N) is 1. The van der Waals surface area contributed by atoms with Crippen LogP contribution >= 0.6 is 0 Å². The van der Waals surface area contributed by atoms with Crippen molar-refractivity contribution >= 4 is 15.7 Å². The van der Waals surface area contributed by atoms with Crippen molar-refractivity contribution in [2.45, 2.75) is 18.4 Å². The molecule has 0 saturated carbocycles. The Morgan fingerprint density at radius 3 is 2.40 bits per heavy atom. The summed E-state index contributed by atoms with van der Waals surface area (Å²) >= 11 is 0. The number of hydrogen-bond acceptors (Lipinski definition) is 5. The van der Waals surface area contributed by atoms with Crippen LogP contribution in [0.25, 0.3) is 0 Å². The molecule has 0 radical (unpaired) electrons. The third kappa shape index (κ3) is 2.94. The molecule has 2 aromatic rings. The SMILES string of the molecule is Cc1cc(CNS(=O)(=O)c2c(F)cc(N)cc2F)no1. The van der Waals surface area contributed by atoms with E-state index >= 15 is 0 Å². The third-order valence-corrected chi connectivity index (χ3v) is 3.86. The van der Waals surface area contributed by atoms with Gasteiger partial charge in [0, 0.05) is 11.8 Å². The van der Waals surface area contributed by atoms with Crippen LogP contribution in [-0.4, -0.2) is 13.6 Å². The quantitative estimate of drug-likeness (QED) is 0.830. The first kappa shape index (κ1) is 14.4. The minimum absolute atomic E-state index is 0.203. The first-order chi connectivity index (χ1) is 9.29. The maximum Gasteiger partial charge on any atom is 0.246 e. The van der Waals surface area contributed by atoms with Gasteiger partial charge in [-0.2, -0.15) is 0 Å². The number of nitrogens with two attached hydrogens (primary N) is 1. The Kier molecular flexibility index (Phi) is 3.73. The van der Waals surface area contributed by atoms with Gasteiger partial charge in [-0.3, -0.25) is 0 Å². The Hall–Kier alpha value is -2.00. The van der Waals surface area contributed by atoms with E-state index in [4.69, 9.17) is 10.3 Å². The van der Waals surface area contributed by atoms with Crippen molar-refractivity contribution in [2.24, 2.45) is 0 Å². The second-order valence-corrected chi connectivity index (χ2v) is 5.77. The zero-order valence-corrected chi connectivity index (χ0v) is 11.2. The standard InChI is InChI=1S/C11H11F2N3O3S/c1-6-2-8(16-19-6)5-15-20(17,18)11-9(12)3-7(14)4-10(11)13/h2-4,15H,5,14H2,1H3. The maximum atomic E-state index is 13.6. The third-order valence-electron chi connectivity index (χ3n) is 2.41. The molecule has 3 N–H and O–H groups in total. The van der Waals surface area contributed by atoms with Gasteiger partial charge in [-0.1, -0.05) is 5.16 Å². The van der Waals surface area contributed by atoms with Gasteiger partial charge in [0.15, 0.2) is 4.90 Å². The topological polar surface area (TPSA) is 98.2 Å². The zero-order chi connectivity index (χ0) is 14.9. The molecule has 0 amide bonds. The molecule has 0 spiro atoms. The predicted octanol–water partition coefficient (Wildman–Crippen LogP) is 1.32. The molecule has 0 bridgehead atoms. The lowest BCUT2D eigenvalue weighted by molar-refractivity contribution is 0.390. The van der Waals surface area contributed by atoms with Crippen LogP contribution < -0.4 is 10.5 Å². The number of hydrogen-bond donors (Lipinski definition) is 2. The average molecular weight is 303 g/mol. The molecular formula is C11H11F2N3O3S. The van der Waals surface area contributed by atoms with Crippen LogP contribution in [0, 0.1) is 18.6 Å². The highest BCUT2D eigenvalue weighted by Gasteiger charge is 2.24. The smallest absolute Gasteiger partial charge is 0.246 e. The summed E-state index contributed by atoms with van der Waals surface area (Å²) in [5.74, 6) is -2.03. The van der Waals surface area contributed by atoms with E-state index < -0.39 is 26.6 Å². The highest BCUT2D eigenvalue weighted by Crippen LogP contribution is 2.21. The first-order valence-corrected chi connectivity index (χ1v) is 6.94. The highest BCUT2D eigenvalue weighted by molar-refractivity contribution is 7.89. The molecule has 0 aliphatic heterocycles. The summed E-state index contributed by atoms with van der Waals surface area (Å²) in [5, 5.41) is 3.56. The number of sulfonamides is 1. The van der Waals surface area contributed by atoms with Crippen molar-refractivity contribution in [3.8, 4) is 0 Å². The van der Waals surface area contributed by atoms with Gasteiger partial charge in [-0.05, 0) is 19.1 Å². The Morgan fingerprint density at radius 2 is 1.90 bits per heavy atom. The number of rotatable bonds is 4. The largest absolute Gasteiger partial charge is 0.399 e. The van der Waals surface area contributed by atoms with Gasteiger partial charge >= 0.3 is 0 Å². The minimum atomic E-state index is -4.36. The molecule has 108 valence electrons. The van der Waals surface area contributed by atoms with Crippen molar-refractivity contribution < 1.29 is 21.7 Å². The molecular weight excluding hydrogens is 292 g/mol. The van der Waals surface area contributed by atoms with Gasteiger partial charge in [0.05, 0.1) is 12.2 Å². The van der Waals surface area contributed by atoms with Crippen molar-refractivity contribution in [1.82, 2.24) is 9.88 Å². The number of benzene rings is 1. The molecule has 0 fully saturated rings. The molecule has 2 rings (SSSR count). The molecule has 1 aromatic heterocycles. The fraction of sp³-hybridized carbons (Fsp3) is 0.182. The number of nitrogens with one attached hydrogen (secondary N) is 1. The van der Waals surface area contributed by atoms with E-state index in [1.807, 2.05) is 4.72 Å². The van der Waals surface area contributed by atoms with Crippen LogP contribution in [0.1, 0.15) is 11.5 Å². The number of halogens is 2. The molecule has 0 aliphatic rings. The Labute approximate surface area is 113 Å². The molecule has 20 heavy (non-hydrogen) atoms. The van der Waals surface area contributed by atoms with Crippen LogP contribution in [0.4, 0.5) is 14.5 Å². The Morgan fingerprint density at radius 1 is 1.30 bits per heavy atom. The lowest BCUT2D eigenvalue weighted by atomic mass is 10.3. The predicted molar refractivity (Wildman–Crippen MR) is 66.0 cm³/mol. The number of anilines is 1. The minimum Gasteiger partial charge on any atom is -0.399 e. The molecule has 1 aromatic carbocycles. The van der Waals surface area contributed by atoms with Crippen molar-refractivity contribution in [1.29, 1.82) is 0 Å². The van der Waals surface area contributed by atoms with Gasteiger partial charge in [0.1, 0.15) is 17.4 Å². The zero-order valence-electron chi connectivity index (χ0n) is 10.4. The van der Waals surface area contributed by atoms with Gasteiger partial charge in [-0.25, -0.2) is 21.9 Å². The van der Waals surface area contributed by atoms with Crippen molar-refractivity contribution in [3.05, 3.63) is 41.3 Å². The molecule has 0 atom stereocenters. The molecule has 0 saturated heterocycles. The second-order valence-electron chi connectivity index (χ2n) is 4.07. The van der Waals surface area contributed by atoms with E-state index in [1.165, 1.54) is 6.07 Å². The van der Waals surface area contributed by atoms with Crippen LogP contribution in [0.3, 0.4) is 0 Å². The summed E-state index contributed by atoms with van der Waals surface area (Å²) in [6.07, 6.45) is 0. The van der Waals surface area contributed by atoms with E-state index in [2.05, 4.69) is 5.16 Å². The number of aromatic nitrogens is 1. The summed E-state index contributed by atoms with van der Waals surface area (Å²) < 4.78 is 57.7.